The van der Waals surface area contributed by atoms with Crippen molar-refractivity contribution in [2.75, 3.05) is 6.61 Å². The van der Waals surface area contributed by atoms with Gasteiger partial charge in [0.25, 0.3) is 0 Å². The minimum atomic E-state index is -0.850. The molecule has 0 fully saturated rings. The predicted octanol–water partition coefficient (Wildman–Crippen LogP) is 5.75. The zero-order chi connectivity index (χ0) is 20.9. The third-order valence-corrected chi connectivity index (χ3v) is 3.99. The summed E-state index contributed by atoms with van der Waals surface area (Å²) in [5, 5.41) is 10.7. The first kappa shape index (κ1) is 21.6. The largest absolute Gasteiger partial charge is 0.499 e. The highest BCUT2D eigenvalue weighted by atomic mass is 16.5. The number of hydrogen-bond donors (Lipinski definition) is 1. The van der Waals surface area contributed by atoms with Crippen LogP contribution in [0.2, 0.25) is 0 Å². The van der Waals surface area contributed by atoms with Crippen molar-refractivity contribution in [3.05, 3.63) is 51.9 Å². The molecule has 1 heterocycles. The Morgan fingerprint density at radius 1 is 1.18 bits per heavy atom. The van der Waals surface area contributed by atoms with Crippen molar-refractivity contribution in [3.63, 3.8) is 0 Å². The van der Waals surface area contributed by atoms with E-state index in [0.29, 0.717) is 11.1 Å². The summed E-state index contributed by atoms with van der Waals surface area (Å²) >= 11 is 0. The Morgan fingerprint density at radius 3 is 2.54 bits per heavy atom. The van der Waals surface area contributed by atoms with Gasteiger partial charge in [-0.15, -0.1) is 0 Å². The Hall–Kier alpha value is -2.69. The highest BCUT2D eigenvalue weighted by Crippen LogP contribution is 2.37. The molecule has 0 saturated carbocycles. The summed E-state index contributed by atoms with van der Waals surface area (Å²) in [6.45, 7) is 12.2. The van der Waals surface area contributed by atoms with Crippen molar-refractivity contribution < 1.29 is 19.0 Å². The molecule has 152 valence electrons. The summed E-state index contributed by atoms with van der Waals surface area (Å²) in [7, 11) is 0. The lowest BCUT2D eigenvalue weighted by Crippen LogP contribution is -2.23. The lowest BCUT2D eigenvalue weighted by molar-refractivity contribution is 0.131. The standard InChI is InChI=1S/C23H30O5/c1-15(2)9-7-10-16(3)13-14-26-21-17-11-8-12-18(28-23(4,5)6)20(17)27-22(25)19(21)24/h8-9,11-13,24H,7,10,14H2,1-6H3. The topological polar surface area (TPSA) is 68.9 Å². The first-order valence-electron chi connectivity index (χ1n) is 9.48. The van der Waals surface area contributed by atoms with Gasteiger partial charge in [0.2, 0.25) is 5.75 Å². The van der Waals surface area contributed by atoms with Gasteiger partial charge >= 0.3 is 5.63 Å². The molecule has 2 rings (SSSR count). The minimum absolute atomic E-state index is 0.110. The van der Waals surface area contributed by atoms with E-state index < -0.39 is 17.0 Å². The van der Waals surface area contributed by atoms with E-state index in [0.717, 1.165) is 12.8 Å². The normalized spacial score (nSPS) is 12.1. The molecule has 1 N–H and O–H groups in total. The summed E-state index contributed by atoms with van der Waals surface area (Å²) in [5.74, 6) is 0.00959. The third-order valence-electron chi connectivity index (χ3n) is 3.99. The van der Waals surface area contributed by atoms with Gasteiger partial charge in [-0.3, -0.25) is 0 Å². The molecule has 5 heteroatoms. The Morgan fingerprint density at radius 2 is 1.89 bits per heavy atom. The Bertz CT molecular complexity index is 938. The molecule has 0 radical (unpaired) electrons. The van der Waals surface area contributed by atoms with Gasteiger partial charge in [-0.25, -0.2) is 4.79 Å². The van der Waals surface area contributed by atoms with Gasteiger partial charge in [-0.05, 0) is 72.6 Å². The molecule has 28 heavy (non-hydrogen) atoms. The highest BCUT2D eigenvalue weighted by molar-refractivity contribution is 5.89. The van der Waals surface area contributed by atoms with Crippen LogP contribution >= 0.6 is 0 Å². The van der Waals surface area contributed by atoms with E-state index in [4.69, 9.17) is 13.9 Å². The van der Waals surface area contributed by atoms with Crippen LogP contribution in [-0.4, -0.2) is 17.3 Å². The Labute approximate surface area is 166 Å². The van der Waals surface area contributed by atoms with E-state index in [1.54, 1.807) is 18.2 Å². The predicted molar refractivity (Wildman–Crippen MR) is 112 cm³/mol. The molecule has 0 aliphatic carbocycles. The van der Waals surface area contributed by atoms with Crippen molar-refractivity contribution in [3.8, 4) is 17.2 Å². The number of para-hydroxylation sites is 1. The van der Waals surface area contributed by atoms with Crippen LogP contribution in [0.3, 0.4) is 0 Å². The lowest BCUT2D eigenvalue weighted by atomic mass is 10.1. The molecular formula is C23H30O5. The minimum Gasteiger partial charge on any atom is -0.499 e. The van der Waals surface area contributed by atoms with Crippen LogP contribution in [0.1, 0.15) is 54.4 Å². The summed E-state index contributed by atoms with van der Waals surface area (Å²) < 4.78 is 16.9. The molecule has 1 aromatic carbocycles. The van der Waals surface area contributed by atoms with Crippen LogP contribution in [0, 0.1) is 0 Å². The fourth-order valence-corrected chi connectivity index (χ4v) is 2.68. The van der Waals surface area contributed by atoms with E-state index in [-0.39, 0.29) is 17.9 Å². The second kappa shape index (κ2) is 9.00. The zero-order valence-electron chi connectivity index (χ0n) is 17.6. The number of aromatic hydroxyl groups is 1. The van der Waals surface area contributed by atoms with Crippen molar-refractivity contribution in [2.45, 2.75) is 60.0 Å². The van der Waals surface area contributed by atoms with Crippen LogP contribution in [0.15, 0.2) is 50.7 Å². The van der Waals surface area contributed by atoms with Gasteiger partial charge < -0.3 is 19.0 Å². The summed E-state index contributed by atoms with van der Waals surface area (Å²) in [5.41, 5.74) is 1.43. The first-order chi connectivity index (χ1) is 13.1. The van der Waals surface area contributed by atoms with Crippen LogP contribution in [0.5, 0.6) is 17.2 Å². The molecule has 0 aliphatic rings. The van der Waals surface area contributed by atoms with Crippen LogP contribution in [0.25, 0.3) is 11.0 Å². The van der Waals surface area contributed by atoms with E-state index >= 15 is 0 Å². The van der Waals surface area contributed by atoms with Crippen LogP contribution in [0.4, 0.5) is 0 Å². The molecule has 0 unspecified atom stereocenters. The van der Waals surface area contributed by atoms with Gasteiger partial charge in [0, 0.05) is 0 Å². The summed E-state index contributed by atoms with van der Waals surface area (Å²) in [6, 6.07) is 5.23. The van der Waals surface area contributed by atoms with Crippen molar-refractivity contribution >= 4 is 11.0 Å². The van der Waals surface area contributed by atoms with E-state index in [1.807, 2.05) is 33.8 Å². The quantitative estimate of drug-likeness (QED) is 0.485. The maximum Gasteiger partial charge on any atom is 0.382 e. The molecule has 0 bridgehead atoms. The lowest BCUT2D eigenvalue weighted by Gasteiger charge is -2.22. The smallest absolute Gasteiger partial charge is 0.382 e. The second-order valence-corrected chi connectivity index (χ2v) is 8.10. The number of hydrogen-bond acceptors (Lipinski definition) is 5. The zero-order valence-corrected chi connectivity index (χ0v) is 17.6. The molecule has 0 saturated heterocycles. The fourth-order valence-electron chi connectivity index (χ4n) is 2.68. The highest BCUT2D eigenvalue weighted by Gasteiger charge is 2.20. The van der Waals surface area contributed by atoms with Gasteiger partial charge in [-0.1, -0.05) is 23.3 Å². The maximum atomic E-state index is 12.1. The summed E-state index contributed by atoms with van der Waals surface area (Å²) in [6.07, 6.45) is 6.05. The van der Waals surface area contributed by atoms with Gasteiger partial charge in [0.15, 0.2) is 17.1 Å². The average Bonchev–Trinajstić information content (AvgIpc) is 2.57. The van der Waals surface area contributed by atoms with E-state index in [1.165, 1.54) is 11.1 Å². The average molecular weight is 386 g/mol. The van der Waals surface area contributed by atoms with Crippen molar-refractivity contribution in [1.82, 2.24) is 0 Å². The molecule has 0 amide bonds. The fraction of sp³-hybridized carbons (Fsp3) is 0.435. The number of fused-ring (bicyclic) bond motifs is 1. The molecular weight excluding hydrogens is 356 g/mol. The van der Waals surface area contributed by atoms with Crippen molar-refractivity contribution in [1.29, 1.82) is 0 Å². The van der Waals surface area contributed by atoms with Gasteiger partial charge in [-0.2, -0.15) is 0 Å². The SMILES string of the molecule is CC(C)=CCCC(C)=CCOc1c(O)c(=O)oc2c(OC(C)(C)C)cccc12. The third kappa shape index (κ3) is 5.91. The summed E-state index contributed by atoms with van der Waals surface area (Å²) in [4.78, 5) is 12.1. The van der Waals surface area contributed by atoms with Gasteiger partial charge in [0.05, 0.1) is 5.39 Å². The Kier molecular flexibility index (Phi) is 6.95. The van der Waals surface area contributed by atoms with E-state index in [2.05, 4.69) is 19.9 Å². The van der Waals surface area contributed by atoms with Crippen LogP contribution in [-0.2, 0) is 0 Å². The second-order valence-electron chi connectivity index (χ2n) is 8.10. The number of rotatable bonds is 7. The number of benzene rings is 1. The molecule has 1 aromatic heterocycles. The number of ether oxygens (including phenoxy) is 2. The molecule has 0 spiro atoms. The van der Waals surface area contributed by atoms with Crippen molar-refractivity contribution in [2.24, 2.45) is 0 Å². The molecule has 0 atom stereocenters. The Balaban J connectivity index is 2.29. The maximum absolute atomic E-state index is 12.1. The first-order valence-corrected chi connectivity index (χ1v) is 9.48. The van der Waals surface area contributed by atoms with Crippen LogP contribution < -0.4 is 15.1 Å². The van der Waals surface area contributed by atoms with E-state index in [9.17, 15) is 9.90 Å². The molecule has 2 aromatic rings. The molecule has 0 aliphatic heterocycles. The molecule has 5 nitrogen and oxygen atoms in total. The monoisotopic (exact) mass is 386 g/mol. The van der Waals surface area contributed by atoms with Gasteiger partial charge in [0.1, 0.15) is 12.2 Å². The number of allylic oxidation sites excluding steroid dienone is 3.